The fourth-order valence-corrected chi connectivity index (χ4v) is 1.99. The monoisotopic (exact) mass is 241 g/mol. The van der Waals surface area contributed by atoms with Gasteiger partial charge in [0.1, 0.15) is 0 Å². The highest BCUT2D eigenvalue weighted by molar-refractivity contribution is 7.86. The summed E-state index contributed by atoms with van der Waals surface area (Å²) in [6, 6.07) is 5.49. The number of aliphatic imine (C=N–C) groups is 1. The maximum Gasteiger partial charge on any atom is 0.296 e. The Bertz CT molecular complexity index is 486. The van der Waals surface area contributed by atoms with Crippen molar-refractivity contribution in [1.29, 1.82) is 0 Å². The molecular weight excluding hydrogens is 230 g/mol. The molecule has 0 radical (unpaired) electrons. The molecule has 0 fully saturated rings. The minimum Gasteiger partial charge on any atom is -0.266 e. The third-order valence-corrected chi connectivity index (χ3v) is 3.07. The van der Waals surface area contributed by atoms with Crippen LogP contribution in [0.25, 0.3) is 0 Å². The van der Waals surface area contributed by atoms with Gasteiger partial charge in [-0.25, -0.2) is 4.79 Å². The van der Waals surface area contributed by atoms with Crippen LogP contribution in [0.4, 0.5) is 5.69 Å². The van der Waals surface area contributed by atoms with Gasteiger partial charge in [0.15, 0.2) is 0 Å². The van der Waals surface area contributed by atoms with Crippen molar-refractivity contribution in [3.63, 3.8) is 0 Å². The van der Waals surface area contributed by atoms with E-state index >= 15 is 0 Å². The van der Waals surface area contributed by atoms with Crippen molar-refractivity contribution in [2.75, 3.05) is 6.61 Å². The van der Waals surface area contributed by atoms with Crippen LogP contribution < -0.4 is 0 Å². The van der Waals surface area contributed by atoms with Gasteiger partial charge in [0, 0.05) is 0 Å². The van der Waals surface area contributed by atoms with Gasteiger partial charge < -0.3 is 0 Å². The number of hydrogen-bond acceptors (Lipinski definition) is 5. The lowest BCUT2D eigenvalue weighted by molar-refractivity contribution is 0.318. The van der Waals surface area contributed by atoms with E-state index in [1.807, 2.05) is 6.92 Å². The molecule has 1 rings (SSSR count). The number of hydrogen-bond donors (Lipinski definition) is 0. The molecule has 16 heavy (non-hydrogen) atoms. The Hall–Kier alpha value is -1.49. The number of rotatable bonds is 5. The standard InChI is InChI=1S/C10H11NO4S/c1-2-7-15-16(13,14)10-5-3-9(4-6-10)11-8-12/h3-6H,2,7H2,1H3. The maximum absolute atomic E-state index is 11.5. The molecule has 0 aliphatic heterocycles. The summed E-state index contributed by atoms with van der Waals surface area (Å²) in [5, 5.41) is 0. The summed E-state index contributed by atoms with van der Waals surface area (Å²) < 4.78 is 27.8. The van der Waals surface area contributed by atoms with E-state index in [9.17, 15) is 13.2 Å². The van der Waals surface area contributed by atoms with E-state index in [1.165, 1.54) is 30.3 Å². The Balaban J connectivity index is 2.92. The van der Waals surface area contributed by atoms with Gasteiger partial charge in [0.25, 0.3) is 10.1 Å². The lowest BCUT2D eigenvalue weighted by atomic mass is 10.3. The SMILES string of the molecule is CCCOS(=O)(=O)c1ccc(N=C=O)cc1. The molecule has 0 heterocycles. The van der Waals surface area contributed by atoms with Crippen LogP contribution in [0.2, 0.25) is 0 Å². The van der Waals surface area contributed by atoms with Crippen molar-refractivity contribution in [3.8, 4) is 0 Å². The Morgan fingerprint density at radius 1 is 1.31 bits per heavy atom. The fraction of sp³-hybridized carbons (Fsp3) is 0.300. The first-order chi connectivity index (χ1) is 7.60. The van der Waals surface area contributed by atoms with Gasteiger partial charge in [0.2, 0.25) is 6.08 Å². The van der Waals surface area contributed by atoms with Crippen molar-refractivity contribution in [2.24, 2.45) is 4.99 Å². The van der Waals surface area contributed by atoms with Crippen LogP contribution in [0.1, 0.15) is 13.3 Å². The molecule has 0 unspecified atom stereocenters. The van der Waals surface area contributed by atoms with Gasteiger partial charge in [-0.05, 0) is 30.7 Å². The highest BCUT2D eigenvalue weighted by Crippen LogP contribution is 2.17. The molecule has 0 spiro atoms. The number of isocyanates is 1. The number of benzene rings is 1. The average Bonchev–Trinajstić information content (AvgIpc) is 2.28. The molecule has 0 aliphatic carbocycles. The van der Waals surface area contributed by atoms with Gasteiger partial charge in [-0.3, -0.25) is 4.18 Å². The zero-order valence-electron chi connectivity index (χ0n) is 8.71. The zero-order chi connectivity index (χ0) is 12.0. The van der Waals surface area contributed by atoms with Crippen LogP contribution in [0.5, 0.6) is 0 Å². The average molecular weight is 241 g/mol. The summed E-state index contributed by atoms with van der Waals surface area (Å²) in [5.41, 5.74) is 0.351. The van der Waals surface area contributed by atoms with Crippen LogP contribution in [-0.2, 0) is 19.1 Å². The van der Waals surface area contributed by atoms with E-state index in [-0.39, 0.29) is 11.5 Å². The molecule has 0 amide bonds. The van der Waals surface area contributed by atoms with E-state index in [0.29, 0.717) is 12.1 Å². The third kappa shape index (κ3) is 3.27. The number of nitrogens with zero attached hydrogens (tertiary/aromatic N) is 1. The van der Waals surface area contributed by atoms with Gasteiger partial charge in [-0.1, -0.05) is 6.92 Å². The maximum atomic E-state index is 11.5. The van der Waals surface area contributed by atoms with E-state index in [0.717, 1.165) is 0 Å². The summed E-state index contributed by atoms with van der Waals surface area (Å²) in [4.78, 5) is 13.4. The van der Waals surface area contributed by atoms with Crippen molar-refractivity contribution in [2.45, 2.75) is 18.2 Å². The summed E-state index contributed by atoms with van der Waals surface area (Å²) in [7, 11) is -3.69. The second-order valence-electron chi connectivity index (χ2n) is 2.97. The van der Waals surface area contributed by atoms with Crippen LogP contribution in [0.3, 0.4) is 0 Å². The molecule has 1 aromatic carbocycles. The minimum atomic E-state index is -3.69. The summed E-state index contributed by atoms with van der Waals surface area (Å²) in [6.07, 6.45) is 1.99. The first-order valence-corrected chi connectivity index (χ1v) is 6.08. The van der Waals surface area contributed by atoms with Crippen molar-refractivity contribution in [3.05, 3.63) is 24.3 Å². The van der Waals surface area contributed by atoms with Gasteiger partial charge >= 0.3 is 0 Å². The van der Waals surface area contributed by atoms with E-state index in [4.69, 9.17) is 4.18 Å². The first-order valence-electron chi connectivity index (χ1n) is 4.67. The predicted molar refractivity (Wildman–Crippen MR) is 57.7 cm³/mol. The largest absolute Gasteiger partial charge is 0.296 e. The second-order valence-corrected chi connectivity index (χ2v) is 4.59. The lowest BCUT2D eigenvalue weighted by Gasteiger charge is -2.03. The molecule has 0 saturated carbocycles. The predicted octanol–water partition coefficient (Wildman–Crippen LogP) is 1.77. The van der Waals surface area contributed by atoms with Crippen LogP contribution in [0, 0.1) is 0 Å². The highest BCUT2D eigenvalue weighted by atomic mass is 32.2. The first kappa shape index (κ1) is 12.6. The molecule has 0 aromatic heterocycles. The van der Waals surface area contributed by atoms with E-state index in [2.05, 4.69) is 4.99 Å². The van der Waals surface area contributed by atoms with E-state index < -0.39 is 10.1 Å². The topological polar surface area (TPSA) is 72.8 Å². The Morgan fingerprint density at radius 3 is 2.44 bits per heavy atom. The number of carbonyl (C=O) groups excluding carboxylic acids is 1. The van der Waals surface area contributed by atoms with Crippen molar-refractivity contribution in [1.82, 2.24) is 0 Å². The molecule has 0 N–H and O–H groups in total. The fourth-order valence-electron chi connectivity index (χ4n) is 1.00. The summed E-state index contributed by atoms with van der Waals surface area (Å²) >= 11 is 0. The molecule has 86 valence electrons. The van der Waals surface area contributed by atoms with Crippen LogP contribution in [0.15, 0.2) is 34.2 Å². The van der Waals surface area contributed by atoms with Crippen LogP contribution >= 0.6 is 0 Å². The second kappa shape index (κ2) is 5.55. The molecule has 1 aromatic rings. The van der Waals surface area contributed by atoms with Crippen LogP contribution in [-0.4, -0.2) is 21.1 Å². The third-order valence-electron chi connectivity index (χ3n) is 1.74. The minimum absolute atomic E-state index is 0.0470. The highest BCUT2D eigenvalue weighted by Gasteiger charge is 2.13. The van der Waals surface area contributed by atoms with Crippen molar-refractivity contribution < 1.29 is 17.4 Å². The molecule has 6 heteroatoms. The smallest absolute Gasteiger partial charge is 0.266 e. The van der Waals surface area contributed by atoms with Gasteiger partial charge in [-0.15, -0.1) is 0 Å². The summed E-state index contributed by atoms with van der Waals surface area (Å²) in [6.45, 7) is 1.97. The zero-order valence-corrected chi connectivity index (χ0v) is 9.53. The van der Waals surface area contributed by atoms with E-state index in [1.54, 1.807) is 0 Å². The molecule has 0 saturated heterocycles. The van der Waals surface area contributed by atoms with Gasteiger partial charge in [0.05, 0.1) is 17.2 Å². The quantitative estimate of drug-likeness (QED) is 0.447. The molecular formula is C10H11NO4S. The Morgan fingerprint density at radius 2 is 1.94 bits per heavy atom. The molecule has 0 atom stereocenters. The summed E-state index contributed by atoms with van der Waals surface area (Å²) in [5.74, 6) is 0. The Labute approximate surface area is 93.9 Å². The molecule has 0 bridgehead atoms. The molecule has 5 nitrogen and oxygen atoms in total. The normalized spacial score (nSPS) is 10.8. The van der Waals surface area contributed by atoms with Gasteiger partial charge in [-0.2, -0.15) is 13.4 Å². The lowest BCUT2D eigenvalue weighted by Crippen LogP contribution is -2.06. The Kier molecular flexibility index (Phi) is 4.37. The van der Waals surface area contributed by atoms with Crippen molar-refractivity contribution >= 4 is 21.9 Å². The molecule has 0 aliphatic rings.